The van der Waals surface area contributed by atoms with Crippen molar-refractivity contribution in [3.63, 3.8) is 0 Å². The van der Waals surface area contributed by atoms with E-state index in [-0.39, 0.29) is 0 Å². The summed E-state index contributed by atoms with van der Waals surface area (Å²) >= 11 is 0. The molecule has 2 heterocycles. The molecule has 9 aromatic carbocycles. The molecule has 1 aromatic heterocycles. The lowest BCUT2D eigenvalue weighted by atomic mass is 9.64. The van der Waals surface area contributed by atoms with E-state index in [1.807, 2.05) is 24.3 Å². The minimum absolute atomic E-state index is 0.544. The average Bonchev–Trinajstić information content (AvgIpc) is 3.65. The summed E-state index contributed by atoms with van der Waals surface area (Å²) in [7, 11) is 0. The molecule has 1 aliphatic heterocycles. The Kier molecular flexibility index (Phi) is 8.36. The summed E-state index contributed by atoms with van der Waals surface area (Å²) in [6.07, 6.45) is 0. The van der Waals surface area contributed by atoms with Crippen molar-refractivity contribution < 1.29 is 0 Å². The lowest BCUT2D eigenvalue weighted by molar-refractivity contribution is 0.753. The summed E-state index contributed by atoms with van der Waals surface area (Å²) in [6, 6.07) is 82.2. The van der Waals surface area contributed by atoms with Gasteiger partial charge in [-0.15, -0.1) is 0 Å². The first-order valence-corrected chi connectivity index (χ1v) is 21.1. The fraction of sp³-hybridized carbons (Fsp3) is 0.0172. The van der Waals surface area contributed by atoms with E-state index in [9.17, 15) is 0 Å². The molecule has 4 nitrogen and oxygen atoms in total. The lowest BCUT2D eigenvalue weighted by Gasteiger charge is -2.45. The maximum Gasteiger partial charge on any atom is 0.164 e. The lowest BCUT2D eigenvalue weighted by Crippen LogP contribution is -2.36. The highest BCUT2D eigenvalue weighted by Crippen LogP contribution is 2.64. The number of benzene rings is 9. The van der Waals surface area contributed by atoms with Gasteiger partial charge >= 0.3 is 0 Å². The zero-order valence-corrected chi connectivity index (χ0v) is 33.7. The predicted molar refractivity (Wildman–Crippen MR) is 253 cm³/mol. The number of aromatic nitrogens is 3. The highest BCUT2D eigenvalue weighted by molar-refractivity contribution is 6.00. The van der Waals surface area contributed by atoms with E-state index in [4.69, 9.17) is 15.0 Å². The first kappa shape index (κ1) is 35.7. The molecule has 2 aliphatic rings. The second-order valence-electron chi connectivity index (χ2n) is 15.9. The van der Waals surface area contributed by atoms with Gasteiger partial charge in [-0.2, -0.15) is 0 Å². The van der Waals surface area contributed by atoms with Gasteiger partial charge in [-0.25, -0.2) is 15.0 Å². The van der Waals surface area contributed by atoms with Crippen LogP contribution in [0, 0.1) is 0 Å². The number of hydrogen-bond acceptors (Lipinski definition) is 4. The van der Waals surface area contributed by atoms with Crippen molar-refractivity contribution in [1.82, 2.24) is 15.0 Å². The summed E-state index contributed by atoms with van der Waals surface area (Å²) in [5.41, 5.74) is 17.8. The Morgan fingerprint density at radius 1 is 0.290 bits per heavy atom. The standard InChI is InChI=1S/C58H38N4/c1-4-20-39(21-5-1)44-28-10-11-29-46(44)57-60-55(40-22-6-2-7-23-40)59-56(61-57)42-25-18-24-41(38-42)45-31-19-35-51-54(45)47-30-12-13-32-48(47)58(51)49-33-14-16-36-52(49)62(43-26-8-3-9-27-43)53-37-17-15-34-50(53)58/h1-38H. The van der Waals surface area contributed by atoms with Gasteiger partial charge in [-0.1, -0.05) is 200 Å². The number of hydrogen-bond donors (Lipinski definition) is 0. The van der Waals surface area contributed by atoms with E-state index in [0.717, 1.165) is 39.1 Å². The maximum absolute atomic E-state index is 5.25. The van der Waals surface area contributed by atoms with Gasteiger partial charge in [0, 0.05) is 22.4 Å². The minimum Gasteiger partial charge on any atom is -0.310 e. The number of rotatable bonds is 6. The largest absolute Gasteiger partial charge is 0.310 e. The van der Waals surface area contributed by atoms with Gasteiger partial charge in [0.05, 0.1) is 16.8 Å². The summed E-state index contributed by atoms with van der Waals surface area (Å²) in [4.78, 5) is 18.0. The van der Waals surface area contributed by atoms with E-state index in [1.165, 1.54) is 50.3 Å². The molecule has 0 fully saturated rings. The Hall–Kier alpha value is -8.21. The first-order chi connectivity index (χ1) is 30.8. The highest BCUT2D eigenvalue weighted by Gasteiger charge is 2.52. The fourth-order valence-corrected chi connectivity index (χ4v) is 9.97. The van der Waals surface area contributed by atoms with E-state index in [0.29, 0.717) is 17.5 Å². The van der Waals surface area contributed by atoms with Crippen LogP contribution in [-0.4, -0.2) is 15.0 Å². The molecule has 0 bridgehead atoms. The third-order valence-electron chi connectivity index (χ3n) is 12.5. The molecular weight excluding hydrogens is 753 g/mol. The number of anilines is 3. The van der Waals surface area contributed by atoms with Gasteiger partial charge < -0.3 is 4.90 Å². The molecule has 62 heavy (non-hydrogen) atoms. The summed E-state index contributed by atoms with van der Waals surface area (Å²) in [6.45, 7) is 0. The van der Waals surface area contributed by atoms with Crippen LogP contribution >= 0.6 is 0 Å². The molecule has 0 radical (unpaired) electrons. The van der Waals surface area contributed by atoms with Gasteiger partial charge in [0.2, 0.25) is 0 Å². The van der Waals surface area contributed by atoms with Gasteiger partial charge in [-0.3, -0.25) is 0 Å². The molecular formula is C58H38N4. The molecule has 10 aromatic rings. The minimum atomic E-state index is -0.544. The van der Waals surface area contributed by atoms with Crippen LogP contribution in [0.25, 0.3) is 67.5 Å². The molecule has 0 atom stereocenters. The normalized spacial score (nSPS) is 12.9. The van der Waals surface area contributed by atoms with Gasteiger partial charge in [-0.05, 0) is 86.0 Å². The molecule has 290 valence electrons. The van der Waals surface area contributed by atoms with E-state index >= 15 is 0 Å². The summed E-state index contributed by atoms with van der Waals surface area (Å²) < 4.78 is 0. The average molecular weight is 791 g/mol. The molecule has 0 saturated carbocycles. The predicted octanol–water partition coefficient (Wildman–Crippen LogP) is 14.4. The van der Waals surface area contributed by atoms with Crippen molar-refractivity contribution in [2.75, 3.05) is 4.90 Å². The van der Waals surface area contributed by atoms with E-state index < -0.39 is 5.41 Å². The molecule has 4 heteroatoms. The Bertz CT molecular complexity index is 3260. The van der Waals surface area contributed by atoms with Crippen molar-refractivity contribution in [3.05, 3.63) is 253 Å². The molecule has 1 spiro atoms. The zero-order valence-electron chi connectivity index (χ0n) is 33.7. The van der Waals surface area contributed by atoms with Crippen molar-refractivity contribution in [2.45, 2.75) is 5.41 Å². The molecule has 0 N–H and O–H groups in total. The molecule has 0 saturated heterocycles. The quantitative estimate of drug-likeness (QED) is 0.168. The van der Waals surface area contributed by atoms with Crippen LogP contribution in [0.3, 0.4) is 0 Å². The first-order valence-electron chi connectivity index (χ1n) is 21.1. The van der Waals surface area contributed by atoms with Crippen molar-refractivity contribution in [1.29, 1.82) is 0 Å². The van der Waals surface area contributed by atoms with Crippen LogP contribution in [0.2, 0.25) is 0 Å². The van der Waals surface area contributed by atoms with Crippen molar-refractivity contribution in [2.24, 2.45) is 0 Å². The van der Waals surface area contributed by atoms with Crippen molar-refractivity contribution in [3.8, 4) is 67.5 Å². The van der Waals surface area contributed by atoms with E-state index in [1.54, 1.807) is 0 Å². The van der Waals surface area contributed by atoms with Crippen LogP contribution in [0.15, 0.2) is 231 Å². The highest BCUT2D eigenvalue weighted by atomic mass is 15.2. The molecule has 0 unspecified atom stereocenters. The van der Waals surface area contributed by atoms with Crippen LogP contribution in [0.5, 0.6) is 0 Å². The van der Waals surface area contributed by atoms with Crippen molar-refractivity contribution >= 4 is 17.1 Å². The summed E-state index contributed by atoms with van der Waals surface area (Å²) in [5, 5.41) is 0. The second kappa shape index (κ2) is 14.5. The third kappa shape index (κ3) is 5.50. The zero-order chi connectivity index (χ0) is 41.0. The Labute approximate surface area is 361 Å². The Balaban J connectivity index is 1.06. The Morgan fingerprint density at radius 2 is 0.742 bits per heavy atom. The van der Waals surface area contributed by atoms with Crippen LogP contribution in [0.4, 0.5) is 17.1 Å². The topological polar surface area (TPSA) is 41.9 Å². The van der Waals surface area contributed by atoms with Gasteiger partial charge in [0.15, 0.2) is 17.5 Å². The van der Waals surface area contributed by atoms with E-state index in [2.05, 4.69) is 211 Å². The number of fused-ring (bicyclic) bond motifs is 9. The second-order valence-corrected chi connectivity index (χ2v) is 15.9. The molecule has 12 rings (SSSR count). The molecule has 0 amide bonds. The third-order valence-corrected chi connectivity index (χ3v) is 12.5. The maximum atomic E-state index is 5.25. The fourth-order valence-electron chi connectivity index (χ4n) is 9.97. The number of para-hydroxylation sites is 3. The van der Waals surface area contributed by atoms with Crippen LogP contribution in [0.1, 0.15) is 22.3 Å². The van der Waals surface area contributed by atoms with Gasteiger partial charge in [0.25, 0.3) is 0 Å². The van der Waals surface area contributed by atoms with Crippen LogP contribution < -0.4 is 4.90 Å². The monoisotopic (exact) mass is 790 g/mol. The Morgan fingerprint density at radius 3 is 1.44 bits per heavy atom. The van der Waals surface area contributed by atoms with Gasteiger partial charge in [0.1, 0.15) is 0 Å². The summed E-state index contributed by atoms with van der Waals surface area (Å²) in [5.74, 6) is 1.89. The number of nitrogens with zero attached hydrogens (tertiary/aromatic N) is 4. The SMILES string of the molecule is c1ccc(-c2nc(-c3cccc(-c4cccc5c4-c4ccccc4C54c5ccccc5N(c5ccccc5)c5ccccc54)c3)nc(-c3ccccc3-c3ccccc3)n2)cc1. The smallest absolute Gasteiger partial charge is 0.164 e. The van der Waals surface area contributed by atoms with Crippen LogP contribution in [-0.2, 0) is 5.41 Å². The molecule has 1 aliphatic carbocycles.